The fourth-order valence-corrected chi connectivity index (χ4v) is 1.80. The van der Waals surface area contributed by atoms with E-state index in [0.717, 1.165) is 13.0 Å². The molecule has 0 spiro atoms. The number of aromatic nitrogens is 2. The molecule has 0 saturated heterocycles. The van der Waals surface area contributed by atoms with E-state index >= 15 is 0 Å². The summed E-state index contributed by atoms with van der Waals surface area (Å²) in [6.45, 7) is 0.882. The second-order valence-corrected chi connectivity index (χ2v) is 4.43. The Hall–Kier alpha value is -0.680. The molecule has 0 aromatic carbocycles. The van der Waals surface area contributed by atoms with Crippen molar-refractivity contribution in [3.63, 3.8) is 0 Å². The molecular weight excluding hydrogens is 232 g/mol. The Kier molecular flexibility index (Phi) is 5.57. The van der Waals surface area contributed by atoms with E-state index < -0.39 is 0 Å². The lowest BCUT2D eigenvalue weighted by Gasteiger charge is -2.05. The molecule has 4 nitrogen and oxygen atoms in total. The smallest absolute Gasteiger partial charge is 0.223 e. The number of rotatable bonds is 6. The Morgan fingerprint density at radius 2 is 2.27 bits per heavy atom. The van der Waals surface area contributed by atoms with E-state index in [9.17, 15) is 0 Å². The average molecular weight is 247 g/mol. The second-order valence-electron chi connectivity index (χ2n) is 3.06. The lowest BCUT2D eigenvalue weighted by atomic mass is 10.3. The van der Waals surface area contributed by atoms with Gasteiger partial charge in [-0.05, 0) is 24.9 Å². The van der Waals surface area contributed by atoms with Gasteiger partial charge in [-0.2, -0.15) is 16.7 Å². The largest absolute Gasteiger partial charge is 0.370 e. The van der Waals surface area contributed by atoms with Gasteiger partial charge >= 0.3 is 0 Å². The van der Waals surface area contributed by atoms with Gasteiger partial charge in [-0.15, -0.1) is 0 Å². The Morgan fingerprint density at radius 1 is 1.47 bits per heavy atom. The topological polar surface area (TPSA) is 63.8 Å². The Morgan fingerprint density at radius 3 is 2.93 bits per heavy atom. The van der Waals surface area contributed by atoms with Gasteiger partial charge in [0.2, 0.25) is 5.95 Å². The van der Waals surface area contributed by atoms with Gasteiger partial charge in [0.25, 0.3) is 0 Å². The van der Waals surface area contributed by atoms with Crippen molar-refractivity contribution >= 4 is 35.1 Å². The number of nitrogens with zero attached hydrogens (tertiary/aromatic N) is 2. The van der Waals surface area contributed by atoms with Crippen molar-refractivity contribution in [3.8, 4) is 0 Å². The van der Waals surface area contributed by atoms with Crippen LogP contribution in [0.3, 0.4) is 0 Å². The van der Waals surface area contributed by atoms with Gasteiger partial charge in [-0.1, -0.05) is 11.6 Å². The number of hydrogen-bond acceptors (Lipinski definition) is 5. The Balaban J connectivity index is 2.31. The Bertz CT molecular complexity index is 288. The highest BCUT2D eigenvalue weighted by molar-refractivity contribution is 7.98. The highest BCUT2D eigenvalue weighted by atomic mass is 35.5. The molecule has 0 unspecified atom stereocenters. The zero-order valence-electron chi connectivity index (χ0n) is 8.66. The average Bonchev–Trinajstić information content (AvgIpc) is 2.16. The van der Waals surface area contributed by atoms with Crippen molar-refractivity contribution in [2.75, 3.05) is 29.6 Å². The molecule has 1 rings (SSSR count). The number of unbranched alkanes of at least 4 members (excludes halogenated alkanes) is 1. The molecule has 0 aliphatic heterocycles. The minimum atomic E-state index is 0.203. The van der Waals surface area contributed by atoms with E-state index in [1.165, 1.54) is 12.2 Å². The first-order valence-corrected chi connectivity index (χ1v) is 6.52. The van der Waals surface area contributed by atoms with Crippen LogP contribution in [0.1, 0.15) is 12.8 Å². The van der Waals surface area contributed by atoms with Gasteiger partial charge in [0.15, 0.2) is 0 Å². The van der Waals surface area contributed by atoms with Crippen molar-refractivity contribution in [1.82, 2.24) is 9.97 Å². The first kappa shape index (κ1) is 12.4. The monoisotopic (exact) mass is 246 g/mol. The van der Waals surface area contributed by atoms with Crippen LogP contribution in [0, 0.1) is 0 Å². The molecule has 0 radical (unpaired) electrons. The molecule has 1 heterocycles. The van der Waals surface area contributed by atoms with Crippen molar-refractivity contribution in [2.24, 2.45) is 0 Å². The van der Waals surface area contributed by atoms with Crippen LogP contribution < -0.4 is 11.1 Å². The third kappa shape index (κ3) is 5.09. The summed E-state index contributed by atoms with van der Waals surface area (Å²) in [5, 5.41) is 3.53. The van der Waals surface area contributed by atoms with E-state index in [4.69, 9.17) is 17.3 Å². The molecule has 0 aliphatic rings. The normalized spacial score (nSPS) is 10.3. The lowest BCUT2D eigenvalue weighted by molar-refractivity contribution is 0.839. The summed E-state index contributed by atoms with van der Waals surface area (Å²) in [6.07, 6.45) is 4.42. The summed E-state index contributed by atoms with van der Waals surface area (Å²) >= 11 is 7.60. The van der Waals surface area contributed by atoms with Crippen LogP contribution in [0.25, 0.3) is 0 Å². The van der Waals surface area contributed by atoms with Gasteiger partial charge in [0, 0.05) is 12.6 Å². The second kappa shape index (κ2) is 6.74. The summed E-state index contributed by atoms with van der Waals surface area (Å²) in [7, 11) is 0. The summed E-state index contributed by atoms with van der Waals surface area (Å²) in [5.41, 5.74) is 5.46. The molecule has 0 bridgehead atoms. The number of nitrogen functional groups attached to an aromatic ring is 1. The van der Waals surface area contributed by atoms with E-state index in [2.05, 4.69) is 21.5 Å². The number of hydrogen-bond donors (Lipinski definition) is 2. The lowest BCUT2D eigenvalue weighted by Crippen LogP contribution is -2.06. The van der Waals surface area contributed by atoms with Crippen molar-refractivity contribution in [2.45, 2.75) is 12.8 Å². The summed E-state index contributed by atoms with van der Waals surface area (Å²) < 4.78 is 0. The fraction of sp³-hybridized carbons (Fsp3) is 0.556. The van der Waals surface area contributed by atoms with Crippen molar-refractivity contribution in [3.05, 3.63) is 11.2 Å². The first-order valence-electron chi connectivity index (χ1n) is 4.75. The van der Waals surface area contributed by atoms with Gasteiger partial charge < -0.3 is 11.1 Å². The predicted molar refractivity (Wildman–Crippen MR) is 67.6 cm³/mol. The zero-order valence-corrected chi connectivity index (χ0v) is 10.2. The van der Waals surface area contributed by atoms with Crippen LogP contribution in [-0.4, -0.2) is 28.5 Å². The molecule has 84 valence electrons. The third-order valence-electron chi connectivity index (χ3n) is 1.79. The quantitative estimate of drug-likeness (QED) is 0.596. The minimum absolute atomic E-state index is 0.203. The summed E-state index contributed by atoms with van der Waals surface area (Å²) in [4.78, 5) is 7.80. The molecule has 0 saturated carbocycles. The van der Waals surface area contributed by atoms with Crippen LogP contribution in [0.2, 0.25) is 5.15 Å². The molecule has 0 aliphatic carbocycles. The van der Waals surface area contributed by atoms with E-state index in [-0.39, 0.29) is 5.95 Å². The fourth-order valence-electron chi connectivity index (χ4n) is 1.11. The maximum atomic E-state index is 5.74. The predicted octanol–water partition coefficient (Wildman–Crippen LogP) is 2.27. The maximum Gasteiger partial charge on any atom is 0.223 e. The Labute approximate surface area is 99.0 Å². The van der Waals surface area contributed by atoms with E-state index in [0.29, 0.717) is 11.0 Å². The summed E-state index contributed by atoms with van der Waals surface area (Å²) in [6, 6.07) is 1.67. The SMILES string of the molecule is CSCCCCNc1cc(Cl)nc(N)n1. The van der Waals surface area contributed by atoms with Crippen LogP contribution in [0.15, 0.2) is 6.07 Å². The van der Waals surface area contributed by atoms with Gasteiger partial charge in [0.1, 0.15) is 11.0 Å². The van der Waals surface area contributed by atoms with Crippen LogP contribution in [-0.2, 0) is 0 Å². The molecule has 0 fully saturated rings. The van der Waals surface area contributed by atoms with Crippen LogP contribution >= 0.6 is 23.4 Å². The van der Waals surface area contributed by atoms with Gasteiger partial charge in [-0.3, -0.25) is 0 Å². The molecule has 1 aromatic heterocycles. The molecule has 15 heavy (non-hydrogen) atoms. The van der Waals surface area contributed by atoms with Gasteiger partial charge in [0.05, 0.1) is 0 Å². The molecule has 6 heteroatoms. The number of nitrogens with one attached hydrogen (secondary N) is 1. The number of thioether (sulfide) groups is 1. The van der Waals surface area contributed by atoms with E-state index in [1.807, 2.05) is 11.8 Å². The molecule has 0 atom stereocenters. The van der Waals surface area contributed by atoms with Crippen molar-refractivity contribution in [1.29, 1.82) is 0 Å². The molecular formula is C9H15ClN4S. The third-order valence-corrected chi connectivity index (χ3v) is 2.68. The molecule has 3 N–H and O–H groups in total. The van der Waals surface area contributed by atoms with Crippen LogP contribution in [0.4, 0.5) is 11.8 Å². The van der Waals surface area contributed by atoms with Crippen molar-refractivity contribution < 1.29 is 0 Å². The van der Waals surface area contributed by atoms with E-state index in [1.54, 1.807) is 6.07 Å². The maximum absolute atomic E-state index is 5.74. The van der Waals surface area contributed by atoms with Crippen LogP contribution in [0.5, 0.6) is 0 Å². The van der Waals surface area contributed by atoms with Gasteiger partial charge in [-0.25, -0.2) is 4.98 Å². The highest BCUT2D eigenvalue weighted by Crippen LogP contribution is 2.12. The zero-order chi connectivity index (χ0) is 11.1. The molecule has 1 aromatic rings. The highest BCUT2D eigenvalue weighted by Gasteiger charge is 1.99. The molecule has 0 amide bonds. The number of nitrogens with two attached hydrogens (primary N) is 1. The summed E-state index contributed by atoms with van der Waals surface area (Å²) in [5.74, 6) is 2.08. The minimum Gasteiger partial charge on any atom is -0.370 e. The standard InChI is InChI=1S/C9H15ClN4S/c1-15-5-3-2-4-12-8-6-7(10)13-9(11)14-8/h6H,2-5H2,1H3,(H3,11,12,13,14). The first-order chi connectivity index (χ1) is 7.22. The number of halogens is 1. The number of anilines is 2.